The van der Waals surface area contributed by atoms with Crippen molar-refractivity contribution in [2.75, 3.05) is 0 Å². The molecule has 0 aromatic heterocycles. The summed E-state index contributed by atoms with van der Waals surface area (Å²) < 4.78 is 5.74. The molecule has 0 saturated carbocycles. The van der Waals surface area contributed by atoms with Gasteiger partial charge in [-0.15, -0.1) is 0 Å². The molecule has 0 aliphatic carbocycles. The van der Waals surface area contributed by atoms with Gasteiger partial charge in [0.05, 0.1) is 0 Å². The molecule has 0 bridgehead atoms. The normalized spacial score (nSPS) is 12.0. The molecule has 0 spiro atoms. The molecule has 2 rings (SSSR count). The maximum absolute atomic E-state index is 5.86. The average molecular weight is 279 g/mol. The van der Waals surface area contributed by atoms with Crippen LogP contribution in [0.5, 0.6) is 11.5 Å². The first kappa shape index (κ1) is 14.5. The van der Waals surface area contributed by atoms with E-state index in [0.717, 1.165) is 22.6 Å². The molecule has 2 N–H and O–H groups in total. The van der Waals surface area contributed by atoms with Crippen molar-refractivity contribution in [1.29, 1.82) is 0 Å². The second-order valence-electron chi connectivity index (χ2n) is 4.38. The van der Waals surface area contributed by atoms with Crippen molar-refractivity contribution in [2.45, 2.75) is 6.92 Å². The highest BCUT2D eigenvalue weighted by Gasteiger charge is 2.02. The van der Waals surface area contributed by atoms with Crippen molar-refractivity contribution >= 4 is 18.6 Å². The fraction of sp³-hybridized carbons (Fsp3) is 0.0588. The second-order valence-corrected chi connectivity index (χ2v) is 4.38. The van der Waals surface area contributed by atoms with Gasteiger partial charge < -0.3 is 10.5 Å². The van der Waals surface area contributed by atoms with Gasteiger partial charge in [0.15, 0.2) is 0 Å². The van der Waals surface area contributed by atoms with E-state index in [1.807, 2.05) is 61.5 Å². The summed E-state index contributed by atoms with van der Waals surface area (Å²) in [6.45, 7) is 5.23. The van der Waals surface area contributed by atoms with Gasteiger partial charge in [0.1, 0.15) is 23.7 Å². The number of allylic oxidation sites excluding steroid dienone is 1. The molecule has 0 amide bonds. The maximum Gasteiger partial charge on any atom is 0.128 e. The highest BCUT2D eigenvalue weighted by molar-refractivity contribution is 5.70. The number of aliphatic imine (C=N–C) groups is 2. The van der Waals surface area contributed by atoms with Crippen LogP contribution in [-0.2, 0) is 0 Å². The monoisotopic (exact) mass is 279 g/mol. The minimum absolute atomic E-state index is 0.416. The van der Waals surface area contributed by atoms with Crippen molar-refractivity contribution in [3.8, 4) is 11.5 Å². The summed E-state index contributed by atoms with van der Waals surface area (Å²) >= 11 is 0. The molecule has 0 saturated heterocycles. The molecule has 0 radical (unpaired) electrons. The number of para-hydroxylation sites is 1. The zero-order chi connectivity index (χ0) is 15.1. The third kappa shape index (κ3) is 4.04. The molecule has 4 nitrogen and oxygen atoms in total. The smallest absolute Gasteiger partial charge is 0.128 e. The summed E-state index contributed by atoms with van der Waals surface area (Å²) in [4.78, 5) is 7.52. The van der Waals surface area contributed by atoms with E-state index in [0.29, 0.717) is 5.82 Å². The van der Waals surface area contributed by atoms with Crippen LogP contribution in [-0.4, -0.2) is 13.1 Å². The number of rotatable bonds is 5. The van der Waals surface area contributed by atoms with Gasteiger partial charge in [0.2, 0.25) is 0 Å². The van der Waals surface area contributed by atoms with Gasteiger partial charge in [-0.3, -0.25) is 4.99 Å². The standard InChI is InChI=1S/C17H17N3O/c1-13(17(18)20-12-19-2)14-8-10-16(11-9-14)21-15-6-4-3-5-7-15/h3-12H,2,18H2,1H3/b17-13+,20-12?. The minimum Gasteiger partial charge on any atom is -0.457 e. The van der Waals surface area contributed by atoms with Crippen molar-refractivity contribution < 1.29 is 4.74 Å². The topological polar surface area (TPSA) is 60.0 Å². The first-order chi connectivity index (χ1) is 10.2. The molecule has 106 valence electrons. The predicted octanol–water partition coefficient (Wildman–Crippen LogP) is 3.86. The Balaban J connectivity index is 2.15. The molecule has 0 unspecified atom stereocenters. The van der Waals surface area contributed by atoms with Crippen LogP contribution in [0.1, 0.15) is 12.5 Å². The van der Waals surface area contributed by atoms with Crippen LogP contribution in [0.2, 0.25) is 0 Å². The Morgan fingerprint density at radius 3 is 2.29 bits per heavy atom. The number of nitrogens with zero attached hydrogens (tertiary/aromatic N) is 2. The van der Waals surface area contributed by atoms with Gasteiger partial charge in [-0.25, -0.2) is 4.99 Å². The third-order valence-electron chi connectivity index (χ3n) is 2.93. The van der Waals surface area contributed by atoms with E-state index in [1.165, 1.54) is 6.34 Å². The lowest BCUT2D eigenvalue weighted by Gasteiger charge is -2.07. The second kappa shape index (κ2) is 7.05. The summed E-state index contributed by atoms with van der Waals surface area (Å²) in [5, 5.41) is 0. The van der Waals surface area contributed by atoms with E-state index >= 15 is 0 Å². The van der Waals surface area contributed by atoms with Gasteiger partial charge in [0.25, 0.3) is 0 Å². The number of hydrogen-bond acceptors (Lipinski definition) is 3. The van der Waals surface area contributed by atoms with Crippen LogP contribution in [0, 0.1) is 0 Å². The number of nitrogens with two attached hydrogens (primary N) is 1. The Kier molecular flexibility index (Phi) is 4.88. The van der Waals surface area contributed by atoms with E-state index < -0.39 is 0 Å². The Morgan fingerprint density at radius 1 is 1.05 bits per heavy atom. The first-order valence-electron chi connectivity index (χ1n) is 6.49. The fourth-order valence-corrected chi connectivity index (χ4v) is 1.75. The SMILES string of the molecule is C=NC=N/C(N)=C(\C)c1ccc(Oc2ccccc2)cc1. The van der Waals surface area contributed by atoms with Crippen LogP contribution >= 0.6 is 0 Å². The Hall–Kier alpha value is -2.88. The van der Waals surface area contributed by atoms with Crippen LogP contribution in [0.4, 0.5) is 0 Å². The van der Waals surface area contributed by atoms with E-state index in [4.69, 9.17) is 10.5 Å². The first-order valence-corrected chi connectivity index (χ1v) is 6.49. The lowest BCUT2D eigenvalue weighted by Crippen LogP contribution is -1.97. The van der Waals surface area contributed by atoms with Gasteiger partial charge in [-0.1, -0.05) is 30.3 Å². The van der Waals surface area contributed by atoms with E-state index in [-0.39, 0.29) is 0 Å². The van der Waals surface area contributed by atoms with Gasteiger partial charge in [0, 0.05) is 0 Å². The van der Waals surface area contributed by atoms with Crippen molar-refractivity contribution in [2.24, 2.45) is 15.7 Å². The van der Waals surface area contributed by atoms with Gasteiger partial charge in [-0.05, 0) is 49.0 Å². The molecule has 0 heterocycles. The third-order valence-corrected chi connectivity index (χ3v) is 2.93. The average Bonchev–Trinajstić information content (AvgIpc) is 2.53. The van der Waals surface area contributed by atoms with Crippen LogP contribution in [0.25, 0.3) is 5.57 Å². The molecule has 0 fully saturated rings. The molecule has 2 aromatic rings. The summed E-state index contributed by atoms with van der Waals surface area (Å²) in [5.74, 6) is 1.99. The minimum atomic E-state index is 0.416. The largest absolute Gasteiger partial charge is 0.457 e. The van der Waals surface area contributed by atoms with Crippen molar-refractivity contribution in [3.63, 3.8) is 0 Å². The molecule has 0 aliphatic rings. The summed E-state index contributed by atoms with van der Waals surface area (Å²) in [7, 11) is 0. The zero-order valence-corrected chi connectivity index (χ0v) is 11.9. The van der Waals surface area contributed by atoms with Gasteiger partial charge in [-0.2, -0.15) is 0 Å². The lowest BCUT2D eigenvalue weighted by molar-refractivity contribution is 0.482. The molecule has 4 heteroatoms. The number of hydrogen-bond donors (Lipinski definition) is 1. The van der Waals surface area contributed by atoms with Gasteiger partial charge >= 0.3 is 0 Å². The molecular weight excluding hydrogens is 262 g/mol. The summed E-state index contributed by atoms with van der Waals surface area (Å²) in [6, 6.07) is 17.3. The van der Waals surface area contributed by atoms with Crippen molar-refractivity contribution in [1.82, 2.24) is 0 Å². The zero-order valence-electron chi connectivity index (χ0n) is 11.9. The Labute approximate surface area is 124 Å². The van der Waals surface area contributed by atoms with E-state index in [9.17, 15) is 0 Å². The molecule has 0 atom stereocenters. The van der Waals surface area contributed by atoms with Crippen molar-refractivity contribution in [3.05, 3.63) is 66.0 Å². The van der Waals surface area contributed by atoms with Crippen LogP contribution in [0.3, 0.4) is 0 Å². The molecule has 0 aliphatic heterocycles. The number of benzene rings is 2. The predicted molar refractivity (Wildman–Crippen MR) is 87.8 cm³/mol. The maximum atomic E-state index is 5.86. The quantitative estimate of drug-likeness (QED) is 0.667. The molecule has 21 heavy (non-hydrogen) atoms. The highest BCUT2D eigenvalue weighted by atomic mass is 16.5. The summed E-state index contributed by atoms with van der Waals surface area (Å²) in [5.41, 5.74) is 7.72. The van der Waals surface area contributed by atoms with Crippen LogP contribution < -0.4 is 10.5 Å². The lowest BCUT2D eigenvalue weighted by atomic mass is 10.1. The summed E-state index contributed by atoms with van der Waals surface area (Å²) in [6.07, 6.45) is 1.33. The van der Waals surface area contributed by atoms with E-state index in [2.05, 4.69) is 16.7 Å². The fourth-order valence-electron chi connectivity index (χ4n) is 1.75. The Morgan fingerprint density at radius 2 is 1.67 bits per heavy atom. The molecular formula is C17H17N3O. The molecule has 2 aromatic carbocycles. The van der Waals surface area contributed by atoms with Crippen LogP contribution in [0.15, 0.2) is 70.4 Å². The highest BCUT2D eigenvalue weighted by Crippen LogP contribution is 2.24. The van der Waals surface area contributed by atoms with E-state index in [1.54, 1.807) is 0 Å². The number of ether oxygens (including phenoxy) is 1. The Bertz CT molecular complexity index is 658.